The van der Waals surface area contributed by atoms with E-state index in [-0.39, 0.29) is 11.9 Å². The molecule has 27 heavy (non-hydrogen) atoms. The summed E-state index contributed by atoms with van der Waals surface area (Å²) >= 11 is 0. The van der Waals surface area contributed by atoms with Crippen LogP contribution in [-0.4, -0.2) is 58.5 Å². The molecule has 9 heteroatoms. The molecule has 3 N–H and O–H groups in total. The number of anilines is 2. The number of aryl methyl sites for hydroxylation is 1. The first kappa shape index (κ1) is 19.1. The van der Waals surface area contributed by atoms with E-state index in [9.17, 15) is 4.79 Å². The van der Waals surface area contributed by atoms with Gasteiger partial charge in [0.2, 0.25) is 5.95 Å². The van der Waals surface area contributed by atoms with Gasteiger partial charge in [0.25, 0.3) is 0 Å². The second-order valence-corrected chi connectivity index (χ2v) is 7.07. The van der Waals surface area contributed by atoms with Gasteiger partial charge >= 0.3 is 6.03 Å². The number of rotatable bonds is 6. The third kappa shape index (κ3) is 4.94. The highest BCUT2D eigenvalue weighted by Gasteiger charge is 2.20. The number of piperazine rings is 1. The smallest absolute Gasteiger partial charge is 0.319 e. The van der Waals surface area contributed by atoms with E-state index in [1.165, 1.54) is 0 Å². The Hall–Kier alpha value is -2.68. The number of hydrogen-bond donors (Lipinski definition) is 3. The van der Waals surface area contributed by atoms with Gasteiger partial charge in [0, 0.05) is 57.6 Å². The second kappa shape index (κ2) is 8.81. The first-order valence-electron chi connectivity index (χ1n) is 9.35. The maximum atomic E-state index is 12.3. The zero-order valence-electron chi connectivity index (χ0n) is 16.1. The SMILES string of the molecule is CC(C)C(CNC(=O)Nc1cnc(N2CCNCC2)nc1)c1ccnn1C. The molecule has 2 amide bonds. The fourth-order valence-corrected chi connectivity index (χ4v) is 3.22. The second-order valence-electron chi connectivity index (χ2n) is 7.07. The number of aromatic nitrogens is 4. The lowest BCUT2D eigenvalue weighted by molar-refractivity contribution is 0.250. The molecule has 1 atom stereocenters. The van der Waals surface area contributed by atoms with Gasteiger partial charge in [-0.05, 0) is 12.0 Å². The summed E-state index contributed by atoms with van der Waals surface area (Å²) in [6.07, 6.45) is 5.07. The lowest BCUT2D eigenvalue weighted by Crippen LogP contribution is -2.44. The van der Waals surface area contributed by atoms with Crippen molar-refractivity contribution in [3.8, 4) is 0 Å². The maximum absolute atomic E-state index is 12.3. The van der Waals surface area contributed by atoms with E-state index in [2.05, 4.69) is 49.8 Å². The summed E-state index contributed by atoms with van der Waals surface area (Å²) in [5, 5.41) is 13.3. The summed E-state index contributed by atoms with van der Waals surface area (Å²) in [4.78, 5) is 23.1. The Morgan fingerprint density at radius 1 is 1.26 bits per heavy atom. The molecule has 0 bridgehead atoms. The van der Waals surface area contributed by atoms with Crippen molar-refractivity contribution in [3.05, 3.63) is 30.4 Å². The fourth-order valence-electron chi connectivity index (χ4n) is 3.22. The molecule has 0 aromatic carbocycles. The number of hydrogen-bond acceptors (Lipinski definition) is 6. The van der Waals surface area contributed by atoms with E-state index in [1.54, 1.807) is 18.6 Å². The van der Waals surface area contributed by atoms with Crippen molar-refractivity contribution in [1.82, 2.24) is 30.4 Å². The zero-order chi connectivity index (χ0) is 19.2. The van der Waals surface area contributed by atoms with Crippen LogP contribution in [0.1, 0.15) is 25.5 Å². The summed E-state index contributed by atoms with van der Waals surface area (Å²) in [5.41, 5.74) is 1.68. The standard InChI is InChI=1S/C18H28N8O/c1-13(2)15(16-4-5-23-25(16)3)12-22-18(27)24-14-10-20-17(21-11-14)26-8-6-19-7-9-26/h4-5,10-11,13,15,19H,6-9,12H2,1-3H3,(H2,22,24,27). The van der Waals surface area contributed by atoms with Gasteiger partial charge in [-0.25, -0.2) is 14.8 Å². The summed E-state index contributed by atoms with van der Waals surface area (Å²) in [6, 6.07) is 1.73. The minimum Gasteiger partial charge on any atom is -0.338 e. The van der Waals surface area contributed by atoms with Crippen LogP contribution in [0, 0.1) is 5.92 Å². The van der Waals surface area contributed by atoms with Gasteiger partial charge in [0.1, 0.15) is 0 Å². The van der Waals surface area contributed by atoms with Crippen molar-refractivity contribution >= 4 is 17.7 Å². The topological polar surface area (TPSA) is 100 Å². The van der Waals surface area contributed by atoms with Crippen LogP contribution in [0.15, 0.2) is 24.7 Å². The van der Waals surface area contributed by atoms with Gasteiger partial charge in [-0.1, -0.05) is 13.8 Å². The Balaban J connectivity index is 1.53. The number of carbonyl (C=O) groups is 1. The Labute approximate surface area is 159 Å². The van der Waals surface area contributed by atoms with Crippen LogP contribution in [0.3, 0.4) is 0 Å². The highest BCUT2D eigenvalue weighted by molar-refractivity contribution is 5.88. The number of nitrogens with zero attached hydrogens (tertiary/aromatic N) is 5. The molecule has 1 aliphatic rings. The predicted molar refractivity (Wildman–Crippen MR) is 105 cm³/mol. The monoisotopic (exact) mass is 372 g/mol. The van der Waals surface area contributed by atoms with Crippen LogP contribution in [0.2, 0.25) is 0 Å². The largest absolute Gasteiger partial charge is 0.338 e. The molecule has 0 spiro atoms. The van der Waals surface area contributed by atoms with E-state index in [1.807, 2.05) is 17.8 Å². The van der Waals surface area contributed by atoms with Crippen molar-refractivity contribution in [2.75, 3.05) is 42.9 Å². The zero-order valence-corrected chi connectivity index (χ0v) is 16.1. The molecule has 146 valence electrons. The summed E-state index contributed by atoms with van der Waals surface area (Å²) in [7, 11) is 1.92. The normalized spacial score (nSPS) is 15.6. The summed E-state index contributed by atoms with van der Waals surface area (Å²) in [5.74, 6) is 1.26. The highest BCUT2D eigenvalue weighted by atomic mass is 16.2. The number of urea groups is 1. The average molecular weight is 372 g/mol. The van der Waals surface area contributed by atoms with Gasteiger partial charge in [-0.2, -0.15) is 5.10 Å². The number of nitrogens with one attached hydrogen (secondary N) is 3. The Kier molecular flexibility index (Phi) is 6.23. The van der Waals surface area contributed by atoms with Crippen LogP contribution in [0.4, 0.5) is 16.4 Å². The molecule has 1 unspecified atom stereocenters. The lowest BCUT2D eigenvalue weighted by atomic mass is 9.92. The number of carbonyl (C=O) groups excluding carboxylic acids is 1. The van der Waals surface area contributed by atoms with Crippen molar-refractivity contribution in [2.24, 2.45) is 13.0 Å². The van der Waals surface area contributed by atoms with Gasteiger partial charge in [0.15, 0.2) is 0 Å². The van der Waals surface area contributed by atoms with E-state index < -0.39 is 0 Å². The van der Waals surface area contributed by atoms with E-state index in [4.69, 9.17) is 0 Å². The molecular formula is C18H28N8O. The minimum absolute atomic E-state index is 0.189. The Bertz CT molecular complexity index is 736. The van der Waals surface area contributed by atoms with Crippen molar-refractivity contribution in [3.63, 3.8) is 0 Å². The fraction of sp³-hybridized carbons (Fsp3) is 0.556. The molecule has 2 aromatic rings. The molecule has 1 fully saturated rings. The van der Waals surface area contributed by atoms with Crippen LogP contribution >= 0.6 is 0 Å². The summed E-state index contributed by atoms with van der Waals surface area (Å²) in [6.45, 7) is 8.44. The molecule has 9 nitrogen and oxygen atoms in total. The first-order valence-corrected chi connectivity index (χ1v) is 9.35. The molecule has 1 aliphatic heterocycles. The Morgan fingerprint density at radius 3 is 2.56 bits per heavy atom. The maximum Gasteiger partial charge on any atom is 0.319 e. The lowest BCUT2D eigenvalue weighted by Gasteiger charge is -2.27. The molecule has 0 saturated carbocycles. The van der Waals surface area contributed by atoms with Crippen LogP contribution in [-0.2, 0) is 7.05 Å². The van der Waals surface area contributed by atoms with E-state index in [0.717, 1.165) is 31.9 Å². The van der Waals surface area contributed by atoms with Gasteiger partial charge < -0.3 is 20.9 Å². The van der Waals surface area contributed by atoms with Gasteiger partial charge in [0.05, 0.1) is 18.1 Å². The minimum atomic E-state index is -0.263. The molecule has 0 aliphatic carbocycles. The van der Waals surface area contributed by atoms with Crippen molar-refractivity contribution < 1.29 is 4.79 Å². The first-order chi connectivity index (χ1) is 13.0. The van der Waals surface area contributed by atoms with Gasteiger partial charge in [-0.3, -0.25) is 4.68 Å². The molecule has 2 aromatic heterocycles. The molecule has 3 heterocycles. The third-order valence-electron chi connectivity index (χ3n) is 4.82. The van der Waals surface area contributed by atoms with E-state index >= 15 is 0 Å². The quantitative estimate of drug-likeness (QED) is 0.704. The predicted octanol–water partition coefficient (Wildman–Crippen LogP) is 1.18. The third-order valence-corrected chi connectivity index (χ3v) is 4.82. The Morgan fingerprint density at radius 2 is 1.96 bits per heavy atom. The van der Waals surface area contributed by atoms with Gasteiger partial charge in [-0.15, -0.1) is 0 Å². The average Bonchev–Trinajstić information content (AvgIpc) is 3.09. The van der Waals surface area contributed by atoms with Crippen LogP contribution in [0.5, 0.6) is 0 Å². The molecule has 1 saturated heterocycles. The van der Waals surface area contributed by atoms with Crippen molar-refractivity contribution in [1.29, 1.82) is 0 Å². The van der Waals surface area contributed by atoms with Crippen molar-refractivity contribution in [2.45, 2.75) is 19.8 Å². The molecular weight excluding hydrogens is 344 g/mol. The number of amides is 2. The van der Waals surface area contributed by atoms with Crippen LogP contribution in [0.25, 0.3) is 0 Å². The molecule has 0 radical (unpaired) electrons. The highest BCUT2D eigenvalue weighted by Crippen LogP contribution is 2.22. The van der Waals surface area contributed by atoms with E-state index in [0.29, 0.717) is 24.1 Å². The molecule has 3 rings (SSSR count). The van der Waals surface area contributed by atoms with Crippen LogP contribution < -0.4 is 20.9 Å². The summed E-state index contributed by atoms with van der Waals surface area (Å²) < 4.78 is 1.85.